The maximum Gasteiger partial charge on any atom is 0.305 e. The molecule has 1 fully saturated rings. The van der Waals surface area contributed by atoms with Crippen LogP contribution in [0.4, 0.5) is 0 Å². The highest BCUT2D eigenvalue weighted by Crippen LogP contribution is 2.39. The van der Waals surface area contributed by atoms with Gasteiger partial charge in [-0.05, 0) is 50.0 Å². The van der Waals surface area contributed by atoms with Crippen molar-refractivity contribution >= 4 is 5.97 Å². The van der Waals surface area contributed by atoms with Crippen molar-refractivity contribution in [1.82, 2.24) is 0 Å². The van der Waals surface area contributed by atoms with Crippen LogP contribution in [-0.4, -0.2) is 19.2 Å². The van der Waals surface area contributed by atoms with Crippen LogP contribution in [0, 0.1) is 11.8 Å². The third-order valence-corrected chi connectivity index (χ3v) is 6.12. The zero-order valence-corrected chi connectivity index (χ0v) is 18.5. The van der Waals surface area contributed by atoms with E-state index >= 15 is 0 Å². The minimum Gasteiger partial charge on any atom is -0.469 e. The molecule has 2 rings (SSSR count). The van der Waals surface area contributed by atoms with E-state index in [0.717, 1.165) is 25.2 Å². The normalized spacial score (nSPS) is 21.7. The molecule has 1 aromatic rings. The molecule has 0 bridgehead atoms. The third kappa shape index (κ3) is 9.16. The van der Waals surface area contributed by atoms with Crippen molar-refractivity contribution in [1.29, 1.82) is 0 Å². The Morgan fingerprint density at radius 2 is 1.90 bits per heavy atom. The van der Waals surface area contributed by atoms with Gasteiger partial charge in [0, 0.05) is 12.3 Å². The molecule has 0 amide bonds. The van der Waals surface area contributed by atoms with Crippen molar-refractivity contribution in [3.8, 4) is 0 Å². The highest BCUT2D eigenvalue weighted by molar-refractivity contribution is 5.68. The van der Waals surface area contributed by atoms with Crippen LogP contribution in [0.5, 0.6) is 0 Å². The van der Waals surface area contributed by atoms with Gasteiger partial charge >= 0.3 is 5.97 Å². The lowest BCUT2D eigenvalue weighted by Crippen LogP contribution is -2.20. The fourth-order valence-electron chi connectivity index (χ4n) is 4.38. The molecule has 1 aromatic carbocycles. The molecule has 162 valence electrons. The summed E-state index contributed by atoms with van der Waals surface area (Å²) in [6.45, 7) is 2.98. The van der Waals surface area contributed by atoms with Crippen molar-refractivity contribution in [3.63, 3.8) is 0 Å². The summed E-state index contributed by atoms with van der Waals surface area (Å²) in [5, 5.41) is 0. The lowest BCUT2D eigenvalue weighted by atomic mass is 9.89. The van der Waals surface area contributed by atoms with Crippen LogP contribution in [0.2, 0.25) is 0 Å². The fraction of sp³-hybridized carbons (Fsp3) is 0.654. The van der Waals surface area contributed by atoms with Gasteiger partial charge in [0.05, 0.1) is 19.8 Å². The van der Waals surface area contributed by atoms with E-state index in [-0.39, 0.29) is 5.97 Å². The smallest absolute Gasteiger partial charge is 0.305 e. The monoisotopic (exact) mass is 400 g/mol. The van der Waals surface area contributed by atoms with E-state index in [9.17, 15) is 4.79 Å². The molecule has 1 aliphatic carbocycles. The van der Waals surface area contributed by atoms with Gasteiger partial charge in [-0.25, -0.2) is 0 Å². The van der Waals surface area contributed by atoms with Crippen LogP contribution < -0.4 is 0 Å². The molecule has 1 aliphatic rings. The summed E-state index contributed by atoms with van der Waals surface area (Å²) in [4.78, 5) is 11.2. The van der Waals surface area contributed by atoms with Crippen molar-refractivity contribution in [3.05, 3.63) is 48.0 Å². The number of carbonyl (C=O) groups is 1. The summed E-state index contributed by atoms with van der Waals surface area (Å²) < 4.78 is 11.1. The fourth-order valence-corrected chi connectivity index (χ4v) is 4.38. The van der Waals surface area contributed by atoms with Crippen molar-refractivity contribution < 1.29 is 14.3 Å². The Kier molecular flexibility index (Phi) is 11.7. The summed E-state index contributed by atoms with van der Waals surface area (Å²) in [5.41, 5.74) is 1.25. The zero-order valence-electron chi connectivity index (χ0n) is 18.5. The Morgan fingerprint density at radius 3 is 2.66 bits per heavy atom. The lowest BCUT2D eigenvalue weighted by Gasteiger charge is -2.22. The molecule has 0 aliphatic heterocycles. The van der Waals surface area contributed by atoms with Crippen LogP contribution in [0.1, 0.15) is 83.1 Å². The Bertz CT molecular complexity index is 581. The van der Waals surface area contributed by atoms with E-state index in [4.69, 9.17) is 9.47 Å². The second-order valence-electron chi connectivity index (χ2n) is 8.35. The molecule has 0 radical (unpaired) electrons. The van der Waals surface area contributed by atoms with Crippen LogP contribution in [0.15, 0.2) is 42.5 Å². The Hall–Kier alpha value is -1.61. The predicted molar refractivity (Wildman–Crippen MR) is 120 cm³/mol. The maximum atomic E-state index is 11.2. The van der Waals surface area contributed by atoms with Crippen LogP contribution >= 0.6 is 0 Å². The van der Waals surface area contributed by atoms with Crippen molar-refractivity contribution in [2.24, 2.45) is 11.8 Å². The van der Waals surface area contributed by atoms with E-state index in [1.54, 1.807) is 0 Å². The minimum absolute atomic E-state index is 0.105. The number of carbonyl (C=O) groups excluding carboxylic acids is 1. The minimum atomic E-state index is -0.105. The number of benzene rings is 1. The number of ether oxygens (including phenoxy) is 2. The Morgan fingerprint density at radius 1 is 1.07 bits per heavy atom. The molecular formula is C26H40O3. The zero-order chi connectivity index (χ0) is 20.7. The van der Waals surface area contributed by atoms with Crippen LogP contribution in [0.3, 0.4) is 0 Å². The van der Waals surface area contributed by atoms with Gasteiger partial charge in [0.1, 0.15) is 0 Å². The number of esters is 1. The first-order valence-corrected chi connectivity index (χ1v) is 11.6. The van der Waals surface area contributed by atoms with Crippen molar-refractivity contribution in [2.45, 2.75) is 90.3 Å². The quantitative estimate of drug-likeness (QED) is 0.194. The van der Waals surface area contributed by atoms with Gasteiger partial charge in [-0.3, -0.25) is 4.79 Å². The number of unbranched alkanes of at least 4 members (excludes halogenated alkanes) is 5. The molecule has 3 atom stereocenters. The Balaban J connectivity index is 1.83. The average Bonchev–Trinajstić information content (AvgIpc) is 3.14. The van der Waals surface area contributed by atoms with E-state index < -0.39 is 0 Å². The molecule has 0 heterocycles. The first kappa shape index (κ1) is 23.7. The molecule has 1 saturated carbocycles. The van der Waals surface area contributed by atoms with Crippen LogP contribution in [-0.2, 0) is 20.9 Å². The van der Waals surface area contributed by atoms with E-state index in [1.807, 2.05) is 0 Å². The van der Waals surface area contributed by atoms with Gasteiger partial charge in [-0.1, -0.05) is 75.1 Å². The largest absolute Gasteiger partial charge is 0.469 e. The van der Waals surface area contributed by atoms with Crippen molar-refractivity contribution in [2.75, 3.05) is 7.11 Å². The van der Waals surface area contributed by atoms with Gasteiger partial charge in [0.2, 0.25) is 0 Å². The number of rotatable bonds is 14. The highest BCUT2D eigenvalue weighted by Gasteiger charge is 2.34. The molecule has 29 heavy (non-hydrogen) atoms. The van der Waals surface area contributed by atoms with E-state index in [2.05, 4.69) is 49.4 Å². The molecule has 0 N–H and O–H groups in total. The van der Waals surface area contributed by atoms with Gasteiger partial charge in [0.25, 0.3) is 0 Å². The first-order chi connectivity index (χ1) is 14.2. The van der Waals surface area contributed by atoms with Gasteiger partial charge < -0.3 is 9.47 Å². The summed E-state index contributed by atoms with van der Waals surface area (Å²) in [6, 6.07) is 10.5. The molecule has 0 saturated heterocycles. The van der Waals surface area contributed by atoms with Gasteiger partial charge in [-0.2, -0.15) is 0 Å². The summed E-state index contributed by atoms with van der Waals surface area (Å²) in [6.07, 6.45) is 17.7. The number of hydrogen-bond donors (Lipinski definition) is 0. The molecule has 3 heteroatoms. The van der Waals surface area contributed by atoms with Crippen LogP contribution in [0.25, 0.3) is 0 Å². The Labute approximate surface area is 177 Å². The average molecular weight is 401 g/mol. The number of hydrogen-bond acceptors (Lipinski definition) is 3. The van der Waals surface area contributed by atoms with E-state index in [1.165, 1.54) is 57.6 Å². The highest BCUT2D eigenvalue weighted by atomic mass is 16.5. The van der Waals surface area contributed by atoms with Gasteiger partial charge in [-0.15, -0.1) is 0 Å². The second kappa shape index (κ2) is 14.4. The lowest BCUT2D eigenvalue weighted by molar-refractivity contribution is -0.140. The molecular weight excluding hydrogens is 360 g/mol. The summed E-state index contributed by atoms with van der Waals surface area (Å²) in [5.74, 6) is 1.17. The summed E-state index contributed by atoms with van der Waals surface area (Å²) in [7, 11) is 1.46. The third-order valence-electron chi connectivity index (χ3n) is 6.12. The van der Waals surface area contributed by atoms with Gasteiger partial charge in [0.15, 0.2) is 0 Å². The first-order valence-electron chi connectivity index (χ1n) is 11.6. The molecule has 0 unspecified atom stereocenters. The molecule has 0 spiro atoms. The number of allylic oxidation sites excluding steroid dienone is 1. The second-order valence-corrected chi connectivity index (χ2v) is 8.35. The topological polar surface area (TPSA) is 35.5 Å². The summed E-state index contributed by atoms with van der Waals surface area (Å²) >= 11 is 0. The molecule has 3 nitrogen and oxygen atoms in total. The SMILES string of the molecule is CCCCCC[C@H]1CC[C@H](OCc2ccccc2)[C@@H]1/C=C/CCCCC(=O)OC. The van der Waals surface area contributed by atoms with E-state index in [0.29, 0.717) is 25.0 Å². The molecule has 0 aromatic heterocycles. The predicted octanol–water partition coefficient (Wildman–Crippen LogP) is 6.86. The standard InChI is InChI=1S/C26H40O3/c1-3-4-5-11-16-23-19-20-25(29-21-22-14-9-8-10-15-22)24(23)17-12-6-7-13-18-26(27)28-2/h8-10,12,14-15,17,23-25H,3-7,11,13,16,18-21H2,1-2H3/b17-12+/t23-,24+,25-/m0/s1. The maximum absolute atomic E-state index is 11.2. The number of methoxy groups -OCH3 is 1.